The van der Waals surface area contributed by atoms with Gasteiger partial charge in [0.15, 0.2) is 5.75 Å². The van der Waals surface area contributed by atoms with E-state index in [9.17, 15) is 4.79 Å². The molecule has 3 aromatic carbocycles. The minimum atomic E-state index is -0.490. The number of pyridine rings is 1. The maximum absolute atomic E-state index is 13.1. The lowest BCUT2D eigenvalue weighted by atomic mass is 10.0. The molecule has 0 saturated heterocycles. The molecule has 0 aliphatic carbocycles. The summed E-state index contributed by atoms with van der Waals surface area (Å²) in [5, 5.41) is 10.5. The van der Waals surface area contributed by atoms with E-state index in [2.05, 4.69) is 42.9 Å². The largest absolute Gasteiger partial charge is 0.420 e. The van der Waals surface area contributed by atoms with Gasteiger partial charge >= 0.3 is 5.97 Å². The zero-order valence-electron chi connectivity index (χ0n) is 13.7. The number of nitrogens with zero attached hydrogens (tertiary/aromatic N) is 2. The van der Waals surface area contributed by atoms with E-state index >= 15 is 0 Å². The second-order valence-corrected chi connectivity index (χ2v) is 7.50. The fourth-order valence-electron chi connectivity index (χ4n) is 2.93. The molecule has 0 N–H and O–H groups in total. The van der Waals surface area contributed by atoms with Gasteiger partial charge in [0.25, 0.3) is 0 Å². The quantitative estimate of drug-likeness (QED) is 0.200. The Morgan fingerprint density at radius 2 is 1.44 bits per heavy atom. The summed E-state index contributed by atoms with van der Waals surface area (Å²) in [5.74, 6) is -0.167. The van der Waals surface area contributed by atoms with E-state index in [0.29, 0.717) is 25.8 Å². The van der Waals surface area contributed by atoms with Crippen molar-refractivity contribution in [2.45, 2.75) is 0 Å². The molecular formula is C21H10Br2N2O2. The highest BCUT2D eigenvalue weighted by Crippen LogP contribution is 2.36. The average Bonchev–Trinajstić information content (AvgIpc) is 2.68. The van der Waals surface area contributed by atoms with Crippen LogP contribution in [0.2, 0.25) is 0 Å². The first-order chi connectivity index (χ1) is 13.1. The van der Waals surface area contributed by atoms with Crippen molar-refractivity contribution < 1.29 is 9.53 Å². The number of aromatic nitrogens is 1. The highest BCUT2D eigenvalue weighted by atomic mass is 79.9. The number of carbonyl (C=O) groups is 1. The number of ether oxygens (including phenoxy) is 1. The van der Waals surface area contributed by atoms with Gasteiger partial charge in [-0.3, -0.25) is 0 Å². The second kappa shape index (κ2) is 7.10. The predicted molar refractivity (Wildman–Crippen MR) is 111 cm³/mol. The van der Waals surface area contributed by atoms with Crippen LogP contribution in [0.1, 0.15) is 15.9 Å². The third-order valence-electron chi connectivity index (χ3n) is 4.11. The minimum absolute atomic E-state index is 0.323. The summed E-state index contributed by atoms with van der Waals surface area (Å²) in [6.45, 7) is 0. The standard InChI is InChI=1S/C21H10Br2N2O2/c22-15-9-12(11-24)10-16(23)20(15)27-21(26)19-13-5-1-3-7-17(13)25-18-8-4-2-6-14(18)19/h1-10H. The molecule has 130 valence electrons. The molecule has 4 rings (SSSR count). The van der Waals surface area contributed by atoms with Crippen molar-refractivity contribution in [3.05, 3.63) is 80.7 Å². The Morgan fingerprint density at radius 1 is 0.926 bits per heavy atom. The number of para-hydroxylation sites is 2. The number of fused-ring (bicyclic) bond motifs is 2. The molecule has 0 aliphatic rings. The lowest BCUT2D eigenvalue weighted by Gasteiger charge is -2.12. The minimum Gasteiger partial charge on any atom is -0.420 e. The van der Waals surface area contributed by atoms with Gasteiger partial charge in [-0.05, 0) is 56.1 Å². The van der Waals surface area contributed by atoms with Gasteiger partial charge in [-0.2, -0.15) is 5.26 Å². The highest BCUT2D eigenvalue weighted by molar-refractivity contribution is 9.11. The number of hydrogen-bond donors (Lipinski definition) is 0. The number of halogens is 2. The summed E-state index contributed by atoms with van der Waals surface area (Å²) in [6, 6.07) is 20.2. The molecule has 0 bridgehead atoms. The van der Waals surface area contributed by atoms with E-state index in [1.54, 1.807) is 12.1 Å². The predicted octanol–water partition coefficient (Wildman–Crippen LogP) is 6.00. The Morgan fingerprint density at radius 3 is 1.96 bits per heavy atom. The first kappa shape index (κ1) is 17.7. The van der Waals surface area contributed by atoms with Gasteiger partial charge in [0, 0.05) is 10.8 Å². The van der Waals surface area contributed by atoms with E-state index in [-0.39, 0.29) is 0 Å². The first-order valence-corrected chi connectivity index (χ1v) is 9.56. The zero-order chi connectivity index (χ0) is 19.0. The zero-order valence-corrected chi connectivity index (χ0v) is 16.9. The average molecular weight is 482 g/mol. The topological polar surface area (TPSA) is 63.0 Å². The van der Waals surface area contributed by atoms with Crippen molar-refractivity contribution >= 4 is 59.6 Å². The summed E-state index contributed by atoms with van der Waals surface area (Å²) in [4.78, 5) is 17.8. The van der Waals surface area contributed by atoms with Crippen LogP contribution in [0.4, 0.5) is 0 Å². The van der Waals surface area contributed by atoms with Gasteiger partial charge in [-0.15, -0.1) is 0 Å². The number of carbonyl (C=O) groups excluding carboxylic acids is 1. The molecule has 0 fully saturated rings. The normalized spacial score (nSPS) is 10.7. The summed E-state index contributed by atoms with van der Waals surface area (Å²) < 4.78 is 6.74. The number of rotatable bonds is 2. The molecule has 0 aliphatic heterocycles. The lowest BCUT2D eigenvalue weighted by Crippen LogP contribution is -2.11. The fraction of sp³-hybridized carbons (Fsp3) is 0. The molecule has 0 radical (unpaired) electrons. The summed E-state index contributed by atoms with van der Waals surface area (Å²) in [7, 11) is 0. The Hall–Kier alpha value is -2.75. The molecule has 0 spiro atoms. The molecule has 4 aromatic rings. The number of hydrogen-bond acceptors (Lipinski definition) is 4. The van der Waals surface area contributed by atoms with Crippen molar-refractivity contribution in [2.24, 2.45) is 0 Å². The van der Waals surface area contributed by atoms with E-state index in [1.807, 2.05) is 48.5 Å². The lowest BCUT2D eigenvalue weighted by molar-refractivity contribution is 0.0736. The molecule has 1 heterocycles. The van der Waals surface area contributed by atoms with Crippen molar-refractivity contribution in [2.75, 3.05) is 0 Å². The van der Waals surface area contributed by atoms with Gasteiger partial charge < -0.3 is 4.74 Å². The smallest absolute Gasteiger partial charge is 0.344 e. The van der Waals surface area contributed by atoms with Gasteiger partial charge in [0.05, 0.1) is 37.2 Å². The SMILES string of the molecule is N#Cc1cc(Br)c(OC(=O)c2c3ccccc3nc3ccccc23)c(Br)c1. The molecule has 0 amide bonds. The monoisotopic (exact) mass is 480 g/mol. The van der Waals surface area contributed by atoms with Crippen LogP contribution < -0.4 is 4.74 Å². The molecule has 0 atom stereocenters. The van der Waals surface area contributed by atoms with Gasteiger partial charge in [0.1, 0.15) is 0 Å². The summed E-state index contributed by atoms with van der Waals surface area (Å²) >= 11 is 6.74. The van der Waals surface area contributed by atoms with Crippen LogP contribution in [-0.2, 0) is 0 Å². The van der Waals surface area contributed by atoms with Crippen LogP contribution in [-0.4, -0.2) is 11.0 Å². The van der Waals surface area contributed by atoms with Crippen molar-refractivity contribution in [1.29, 1.82) is 5.26 Å². The Balaban J connectivity index is 1.89. The van der Waals surface area contributed by atoms with Crippen LogP contribution in [0.25, 0.3) is 21.8 Å². The third-order valence-corrected chi connectivity index (χ3v) is 5.29. The van der Waals surface area contributed by atoms with E-state index in [1.165, 1.54) is 0 Å². The number of benzene rings is 3. The third kappa shape index (κ3) is 3.20. The summed E-state index contributed by atoms with van der Waals surface area (Å²) in [6.07, 6.45) is 0. The molecule has 0 saturated carbocycles. The van der Waals surface area contributed by atoms with Crippen LogP contribution in [0.3, 0.4) is 0 Å². The molecule has 6 heteroatoms. The van der Waals surface area contributed by atoms with Gasteiger partial charge in [-0.25, -0.2) is 9.78 Å². The van der Waals surface area contributed by atoms with Crippen molar-refractivity contribution in [3.8, 4) is 11.8 Å². The van der Waals surface area contributed by atoms with E-state index < -0.39 is 5.97 Å². The molecular weight excluding hydrogens is 472 g/mol. The first-order valence-electron chi connectivity index (χ1n) is 7.97. The number of esters is 1. The van der Waals surface area contributed by atoms with Crippen LogP contribution in [0, 0.1) is 11.3 Å². The van der Waals surface area contributed by atoms with Crippen LogP contribution >= 0.6 is 31.9 Å². The van der Waals surface area contributed by atoms with Gasteiger partial charge in [-0.1, -0.05) is 36.4 Å². The molecule has 1 aromatic heterocycles. The maximum atomic E-state index is 13.1. The van der Waals surface area contributed by atoms with Crippen molar-refractivity contribution in [3.63, 3.8) is 0 Å². The highest BCUT2D eigenvalue weighted by Gasteiger charge is 2.20. The van der Waals surface area contributed by atoms with Gasteiger partial charge in [0.2, 0.25) is 0 Å². The molecule has 4 nitrogen and oxygen atoms in total. The van der Waals surface area contributed by atoms with Crippen LogP contribution in [0.5, 0.6) is 5.75 Å². The fourth-order valence-corrected chi connectivity index (χ4v) is 4.27. The summed E-state index contributed by atoms with van der Waals surface area (Å²) in [5.41, 5.74) is 2.36. The molecule has 0 unspecified atom stereocenters. The Labute approximate surface area is 171 Å². The maximum Gasteiger partial charge on any atom is 0.344 e. The van der Waals surface area contributed by atoms with Crippen LogP contribution in [0.15, 0.2) is 69.6 Å². The van der Waals surface area contributed by atoms with E-state index in [0.717, 1.165) is 21.8 Å². The van der Waals surface area contributed by atoms with E-state index in [4.69, 9.17) is 10.00 Å². The Kier molecular flexibility index (Phi) is 4.65. The van der Waals surface area contributed by atoms with Crippen molar-refractivity contribution in [1.82, 2.24) is 4.98 Å². The second-order valence-electron chi connectivity index (χ2n) is 5.79. The Bertz CT molecular complexity index is 1190. The number of nitriles is 1. The molecule has 27 heavy (non-hydrogen) atoms.